The molecular weight excluding hydrogens is 226 g/mol. The molecule has 0 fully saturated rings. The van der Waals surface area contributed by atoms with Crippen molar-refractivity contribution in [3.63, 3.8) is 0 Å². The smallest absolute Gasteiger partial charge is 0.138 e. The molecule has 2 heterocycles. The number of aryl methyl sites for hydroxylation is 2. The summed E-state index contributed by atoms with van der Waals surface area (Å²) in [6.45, 7) is 4.44. The molecule has 1 N–H and O–H groups in total. The molecule has 0 saturated heterocycles. The van der Waals surface area contributed by atoms with Gasteiger partial charge < -0.3 is 9.84 Å². The number of nitrogens with zero attached hydrogens (tertiary/aromatic N) is 2. The molecule has 0 unspecified atom stereocenters. The average molecular weight is 238 g/mol. The van der Waals surface area contributed by atoms with E-state index in [9.17, 15) is 0 Å². The van der Waals surface area contributed by atoms with Crippen LogP contribution in [0.15, 0.2) is 23.0 Å². The highest BCUT2D eigenvalue weighted by atomic mass is 35.5. The topological polar surface area (TPSA) is 51.0 Å². The molecule has 0 bridgehead atoms. The summed E-state index contributed by atoms with van der Waals surface area (Å²) in [4.78, 5) is 4.00. The summed E-state index contributed by atoms with van der Waals surface area (Å²) in [5, 5.41) is 7.74. The van der Waals surface area contributed by atoms with Crippen molar-refractivity contribution < 1.29 is 4.52 Å². The summed E-state index contributed by atoms with van der Waals surface area (Å²) in [5.41, 5.74) is 2.76. The minimum Gasteiger partial charge on any atom is -0.378 e. The van der Waals surface area contributed by atoms with Gasteiger partial charge in [-0.2, -0.15) is 0 Å². The Kier molecular flexibility index (Phi) is 3.10. The van der Waals surface area contributed by atoms with E-state index in [1.807, 2.05) is 13.8 Å². The van der Waals surface area contributed by atoms with Gasteiger partial charge in [0.25, 0.3) is 0 Å². The second-order valence-corrected chi connectivity index (χ2v) is 3.92. The summed E-state index contributed by atoms with van der Waals surface area (Å²) in [6.07, 6.45) is 3.35. The van der Waals surface area contributed by atoms with Crippen molar-refractivity contribution >= 4 is 17.3 Å². The van der Waals surface area contributed by atoms with Gasteiger partial charge in [0.2, 0.25) is 0 Å². The fraction of sp³-hybridized carbons (Fsp3) is 0.273. The maximum atomic E-state index is 6.00. The molecule has 0 aromatic carbocycles. The molecule has 0 atom stereocenters. The van der Waals surface area contributed by atoms with E-state index in [4.69, 9.17) is 16.1 Å². The molecule has 0 amide bonds. The van der Waals surface area contributed by atoms with E-state index in [2.05, 4.69) is 15.5 Å². The molecule has 0 spiro atoms. The molecule has 0 saturated carbocycles. The largest absolute Gasteiger partial charge is 0.378 e. The van der Waals surface area contributed by atoms with Crippen molar-refractivity contribution in [2.24, 2.45) is 0 Å². The van der Waals surface area contributed by atoms with Crippen molar-refractivity contribution in [1.82, 2.24) is 10.1 Å². The van der Waals surface area contributed by atoms with E-state index in [1.165, 1.54) is 0 Å². The number of anilines is 1. The zero-order valence-electron chi connectivity index (χ0n) is 9.12. The molecule has 0 radical (unpaired) electrons. The van der Waals surface area contributed by atoms with Crippen molar-refractivity contribution in [3.8, 4) is 0 Å². The van der Waals surface area contributed by atoms with Crippen molar-refractivity contribution in [2.45, 2.75) is 20.4 Å². The lowest BCUT2D eigenvalue weighted by molar-refractivity contribution is 0.392. The quantitative estimate of drug-likeness (QED) is 0.892. The number of hydrogen-bond donors (Lipinski definition) is 1. The van der Waals surface area contributed by atoms with Crippen molar-refractivity contribution in [2.75, 3.05) is 5.32 Å². The number of nitrogens with one attached hydrogen (secondary N) is 1. The maximum Gasteiger partial charge on any atom is 0.138 e. The van der Waals surface area contributed by atoms with Gasteiger partial charge in [-0.1, -0.05) is 16.8 Å². The third kappa shape index (κ3) is 2.17. The minimum absolute atomic E-state index is 0.632. The van der Waals surface area contributed by atoms with Gasteiger partial charge in [-0.15, -0.1) is 0 Å². The minimum atomic E-state index is 0.632. The highest BCUT2D eigenvalue weighted by Gasteiger charge is 2.08. The van der Waals surface area contributed by atoms with Crippen LogP contribution >= 0.6 is 11.6 Å². The van der Waals surface area contributed by atoms with E-state index in [-0.39, 0.29) is 0 Å². The van der Waals surface area contributed by atoms with E-state index < -0.39 is 0 Å². The van der Waals surface area contributed by atoms with Crippen LogP contribution in [0, 0.1) is 13.8 Å². The van der Waals surface area contributed by atoms with E-state index >= 15 is 0 Å². The summed E-state index contributed by atoms with van der Waals surface area (Å²) in [6, 6.07) is 1.75. The van der Waals surface area contributed by atoms with Crippen LogP contribution in [0.3, 0.4) is 0 Å². The number of aromatic nitrogens is 2. The lowest BCUT2D eigenvalue weighted by atomic mass is 10.2. The van der Waals surface area contributed by atoms with Gasteiger partial charge in [-0.3, -0.25) is 4.98 Å². The Morgan fingerprint density at radius 2 is 2.25 bits per heavy atom. The van der Waals surface area contributed by atoms with Crippen LogP contribution in [0.2, 0.25) is 5.02 Å². The third-order valence-corrected chi connectivity index (χ3v) is 2.73. The predicted octanol–water partition coefficient (Wildman–Crippen LogP) is 2.95. The molecule has 2 aromatic rings. The Labute approximate surface area is 98.6 Å². The Hall–Kier alpha value is -1.55. The van der Waals surface area contributed by atoms with Crippen LogP contribution in [-0.2, 0) is 6.54 Å². The first-order chi connectivity index (χ1) is 7.68. The highest BCUT2D eigenvalue weighted by molar-refractivity contribution is 6.33. The van der Waals surface area contributed by atoms with Crippen LogP contribution in [0.25, 0.3) is 0 Å². The van der Waals surface area contributed by atoms with Gasteiger partial charge in [0.05, 0.1) is 22.6 Å². The fourth-order valence-electron chi connectivity index (χ4n) is 1.45. The van der Waals surface area contributed by atoms with Crippen LogP contribution in [-0.4, -0.2) is 10.1 Å². The maximum absolute atomic E-state index is 6.00. The first-order valence-electron chi connectivity index (χ1n) is 4.93. The summed E-state index contributed by atoms with van der Waals surface area (Å²) >= 11 is 6.00. The summed E-state index contributed by atoms with van der Waals surface area (Å²) in [7, 11) is 0. The van der Waals surface area contributed by atoms with Gasteiger partial charge in [0.15, 0.2) is 0 Å². The molecule has 2 rings (SSSR count). The van der Waals surface area contributed by atoms with E-state index in [0.717, 1.165) is 22.7 Å². The number of halogens is 1. The lowest BCUT2D eigenvalue weighted by Gasteiger charge is -2.06. The number of hydrogen-bond acceptors (Lipinski definition) is 4. The summed E-state index contributed by atoms with van der Waals surface area (Å²) in [5.74, 6) is 0.824. The van der Waals surface area contributed by atoms with Crippen LogP contribution in [0.1, 0.15) is 17.0 Å². The molecule has 5 heteroatoms. The highest BCUT2D eigenvalue weighted by Crippen LogP contribution is 2.21. The zero-order chi connectivity index (χ0) is 11.5. The molecule has 2 aromatic heterocycles. The third-order valence-electron chi connectivity index (χ3n) is 2.40. The summed E-state index contributed by atoms with van der Waals surface area (Å²) < 4.78 is 5.08. The molecular formula is C11H12ClN3O. The Bertz CT molecular complexity index is 476. The van der Waals surface area contributed by atoms with Gasteiger partial charge >= 0.3 is 0 Å². The number of pyridine rings is 1. The Morgan fingerprint density at radius 3 is 2.88 bits per heavy atom. The van der Waals surface area contributed by atoms with Crippen LogP contribution in [0.5, 0.6) is 0 Å². The van der Waals surface area contributed by atoms with Crippen molar-refractivity contribution in [3.05, 3.63) is 40.5 Å². The average Bonchev–Trinajstić information content (AvgIpc) is 2.58. The zero-order valence-corrected chi connectivity index (χ0v) is 9.88. The predicted molar refractivity (Wildman–Crippen MR) is 62.6 cm³/mol. The lowest BCUT2D eigenvalue weighted by Crippen LogP contribution is -2.02. The monoisotopic (exact) mass is 237 g/mol. The first-order valence-corrected chi connectivity index (χ1v) is 5.31. The molecule has 84 valence electrons. The van der Waals surface area contributed by atoms with Gasteiger partial charge in [0, 0.05) is 18.3 Å². The number of rotatable bonds is 3. The Morgan fingerprint density at radius 1 is 1.44 bits per heavy atom. The van der Waals surface area contributed by atoms with Crippen molar-refractivity contribution in [1.29, 1.82) is 0 Å². The second kappa shape index (κ2) is 4.53. The fourth-order valence-corrected chi connectivity index (χ4v) is 1.62. The SMILES string of the molecule is Cc1noc(C)c1CNc1cnccc1Cl. The van der Waals surface area contributed by atoms with Crippen LogP contribution in [0.4, 0.5) is 5.69 Å². The molecule has 0 aliphatic carbocycles. The Balaban J connectivity index is 2.11. The van der Waals surface area contributed by atoms with Gasteiger partial charge in [-0.25, -0.2) is 0 Å². The van der Waals surface area contributed by atoms with Crippen LogP contribution < -0.4 is 5.32 Å². The van der Waals surface area contributed by atoms with Gasteiger partial charge in [-0.05, 0) is 19.9 Å². The van der Waals surface area contributed by atoms with E-state index in [0.29, 0.717) is 11.6 Å². The molecule has 0 aliphatic rings. The normalized spacial score (nSPS) is 10.4. The molecule has 4 nitrogen and oxygen atoms in total. The second-order valence-electron chi connectivity index (χ2n) is 3.51. The van der Waals surface area contributed by atoms with Gasteiger partial charge in [0.1, 0.15) is 5.76 Å². The van der Waals surface area contributed by atoms with E-state index in [1.54, 1.807) is 18.5 Å². The molecule has 16 heavy (non-hydrogen) atoms. The molecule has 0 aliphatic heterocycles. The standard InChI is InChI=1S/C11H12ClN3O/c1-7-9(8(2)16-15-7)5-14-11-6-13-4-3-10(11)12/h3-4,6,14H,5H2,1-2H3. The first kappa shape index (κ1) is 11.0.